The number of phenolic OH excluding ortho intramolecular Hbond substituents is 1. The first-order valence-corrected chi connectivity index (χ1v) is 10.9. The van der Waals surface area contributed by atoms with E-state index in [9.17, 15) is 9.50 Å². The monoisotopic (exact) mass is 368 g/mol. The molecule has 0 aliphatic rings. The Balaban J connectivity index is 2.58. The number of hydrogen-bond acceptors (Lipinski definition) is 2. The number of aromatic hydroxyl groups is 1. The lowest BCUT2D eigenvalue weighted by Crippen LogP contribution is -2.50. The summed E-state index contributed by atoms with van der Waals surface area (Å²) < 4.78 is 20.2. The highest BCUT2D eigenvalue weighted by Gasteiger charge is 2.47. The number of fused-ring (bicyclic) bond motifs is 1. The Bertz CT molecular complexity index is 722. The molecule has 0 heterocycles. The van der Waals surface area contributed by atoms with Crippen LogP contribution in [0.25, 0.3) is 10.8 Å². The summed E-state index contributed by atoms with van der Waals surface area (Å²) >= 11 is 6.00. The second kappa shape index (κ2) is 6.93. The molecule has 0 saturated heterocycles. The van der Waals surface area contributed by atoms with Crippen molar-refractivity contribution in [2.75, 3.05) is 0 Å². The SMILES string of the molecule is CC(C)[Si](Oc1cc(O)c2c(Cl)c(F)ccc2c1)(C(C)C)C(C)C. The minimum Gasteiger partial charge on any atom is -0.543 e. The van der Waals surface area contributed by atoms with Gasteiger partial charge in [0, 0.05) is 11.5 Å². The molecule has 24 heavy (non-hydrogen) atoms. The van der Waals surface area contributed by atoms with Crippen molar-refractivity contribution >= 4 is 30.7 Å². The van der Waals surface area contributed by atoms with Crippen LogP contribution in [0.4, 0.5) is 4.39 Å². The summed E-state index contributed by atoms with van der Waals surface area (Å²) in [5, 5.41) is 11.3. The lowest BCUT2D eigenvalue weighted by atomic mass is 10.1. The maximum Gasteiger partial charge on any atom is 0.258 e. The van der Waals surface area contributed by atoms with Crippen molar-refractivity contribution in [3.63, 3.8) is 0 Å². The highest BCUT2D eigenvalue weighted by molar-refractivity contribution is 6.78. The van der Waals surface area contributed by atoms with Crippen LogP contribution in [0.5, 0.6) is 11.5 Å². The van der Waals surface area contributed by atoms with E-state index in [0.717, 1.165) is 0 Å². The van der Waals surface area contributed by atoms with E-state index in [1.165, 1.54) is 6.07 Å². The maximum absolute atomic E-state index is 13.7. The van der Waals surface area contributed by atoms with Crippen LogP contribution in [0.1, 0.15) is 41.5 Å². The molecule has 0 saturated carbocycles. The number of benzene rings is 2. The highest BCUT2D eigenvalue weighted by atomic mass is 35.5. The smallest absolute Gasteiger partial charge is 0.258 e. The molecule has 0 aliphatic heterocycles. The first kappa shape index (κ1) is 19.1. The Kier molecular flexibility index (Phi) is 5.50. The molecule has 2 nitrogen and oxygen atoms in total. The summed E-state index contributed by atoms with van der Waals surface area (Å²) in [6.45, 7) is 13.2. The Hall–Kier alpha value is -1.26. The van der Waals surface area contributed by atoms with Crippen LogP contribution in [0.2, 0.25) is 21.6 Å². The molecule has 0 aliphatic carbocycles. The average molecular weight is 369 g/mol. The van der Waals surface area contributed by atoms with E-state index in [1.807, 2.05) is 6.07 Å². The second-order valence-corrected chi connectivity index (χ2v) is 13.1. The molecule has 132 valence electrons. The fourth-order valence-corrected chi connectivity index (χ4v) is 9.47. The van der Waals surface area contributed by atoms with Crippen LogP contribution in [0.15, 0.2) is 24.3 Å². The van der Waals surface area contributed by atoms with Gasteiger partial charge in [0.05, 0.1) is 5.02 Å². The van der Waals surface area contributed by atoms with Gasteiger partial charge in [0.25, 0.3) is 8.32 Å². The van der Waals surface area contributed by atoms with Crippen LogP contribution >= 0.6 is 11.6 Å². The molecule has 0 bridgehead atoms. The van der Waals surface area contributed by atoms with E-state index in [-0.39, 0.29) is 10.8 Å². The molecule has 0 radical (unpaired) electrons. The van der Waals surface area contributed by atoms with Gasteiger partial charge in [-0.1, -0.05) is 59.2 Å². The van der Waals surface area contributed by atoms with E-state index in [4.69, 9.17) is 16.0 Å². The van der Waals surface area contributed by atoms with Crippen LogP contribution in [0, 0.1) is 5.82 Å². The quantitative estimate of drug-likeness (QED) is 0.582. The summed E-state index contributed by atoms with van der Waals surface area (Å²) in [6.07, 6.45) is 0. The predicted molar refractivity (Wildman–Crippen MR) is 102 cm³/mol. The fourth-order valence-electron chi connectivity index (χ4n) is 3.96. The Morgan fingerprint density at radius 3 is 2.04 bits per heavy atom. The summed E-state index contributed by atoms with van der Waals surface area (Å²) in [6, 6.07) is 6.33. The minimum atomic E-state index is -2.12. The van der Waals surface area contributed by atoms with Crippen molar-refractivity contribution in [2.45, 2.75) is 58.2 Å². The zero-order valence-corrected chi connectivity index (χ0v) is 16.9. The molecule has 5 heteroatoms. The van der Waals surface area contributed by atoms with Gasteiger partial charge < -0.3 is 9.53 Å². The number of rotatable bonds is 5. The molecule has 0 aromatic heterocycles. The van der Waals surface area contributed by atoms with Crippen molar-refractivity contribution in [3.8, 4) is 11.5 Å². The molecule has 0 unspecified atom stereocenters. The number of hydrogen-bond donors (Lipinski definition) is 1. The van der Waals surface area contributed by atoms with Crippen molar-refractivity contribution in [3.05, 3.63) is 35.1 Å². The van der Waals surface area contributed by atoms with E-state index >= 15 is 0 Å². The standard InChI is InChI=1S/C19H26ClFO2Si/c1-11(2)24(12(3)4,13(5)6)23-15-9-14-7-8-16(21)19(20)18(14)17(22)10-15/h7-13,22H,1-6H3. The predicted octanol–water partition coefficient (Wildman–Crippen LogP) is 6.89. The molecule has 2 aromatic carbocycles. The Morgan fingerprint density at radius 1 is 1.00 bits per heavy atom. The molecular weight excluding hydrogens is 343 g/mol. The molecule has 0 spiro atoms. The van der Waals surface area contributed by atoms with E-state index in [1.54, 1.807) is 12.1 Å². The average Bonchev–Trinajstić information content (AvgIpc) is 2.47. The van der Waals surface area contributed by atoms with Gasteiger partial charge in [-0.3, -0.25) is 0 Å². The Labute approximate surface area is 149 Å². The lowest BCUT2D eigenvalue weighted by molar-refractivity contribution is 0.460. The van der Waals surface area contributed by atoms with Crippen LogP contribution in [0.3, 0.4) is 0 Å². The third kappa shape index (κ3) is 3.14. The zero-order valence-electron chi connectivity index (χ0n) is 15.2. The van der Waals surface area contributed by atoms with Crippen LogP contribution in [-0.2, 0) is 0 Å². The third-order valence-electron chi connectivity index (χ3n) is 4.96. The van der Waals surface area contributed by atoms with Gasteiger partial charge in [0.1, 0.15) is 17.3 Å². The number of phenols is 1. The molecule has 2 aromatic rings. The molecule has 0 atom stereocenters. The lowest BCUT2D eigenvalue weighted by Gasteiger charge is -2.42. The maximum atomic E-state index is 13.7. The van der Waals surface area contributed by atoms with Gasteiger partial charge in [-0.25, -0.2) is 4.39 Å². The first-order valence-electron chi connectivity index (χ1n) is 8.41. The van der Waals surface area contributed by atoms with Gasteiger partial charge in [-0.05, 0) is 34.1 Å². The summed E-state index contributed by atoms with van der Waals surface area (Å²) in [5.74, 6) is 0.0417. The zero-order chi connectivity index (χ0) is 18.2. The summed E-state index contributed by atoms with van der Waals surface area (Å²) in [7, 11) is -2.12. The van der Waals surface area contributed by atoms with Gasteiger partial charge in [-0.15, -0.1) is 0 Å². The van der Waals surface area contributed by atoms with E-state index in [0.29, 0.717) is 33.1 Å². The molecule has 1 N–H and O–H groups in total. The van der Waals surface area contributed by atoms with Crippen molar-refractivity contribution in [1.82, 2.24) is 0 Å². The highest BCUT2D eigenvalue weighted by Crippen LogP contribution is 2.44. The van der Waals surface area contributed by atoms with Gasteiger partial charge in [0.15, 0.2) is 0 Å². The molecule has 2 rings (SSSR count). The third-order valence-corrected chi connectivity index (χ3v) is 11.3. The molecular formula is C19H26ClFO2Si. The van der Waals surface area contributed by atoms with Gasteiger partial charge in [-0.2, -0.15) is 0 Å². The van der Waals surface area contributed by atoms with E-state index in [2.05, 4.69) is 41.5 Å². The minimum absolute atomic E-state index is 0.0498. The normalized spacial score (nSPS) is 12.6. The number of halogens is 2. The van der Waals surface area contributed by atoms with Crippen LogP contribution in [-0.4, -0.2) is 13.4 Å². The van der Waals surface area contributed by atoms with E-state index < -0.39 is 14.1 Å². The van der Waals surface area contributed by atoms with Gasteiger partial charge in [0.2, 0.25) is 0 Å². The summed E-state index contributed by atoms with van der Waals surface area (Å²) in [4.78, 5) is 0. The van der Waals surface area contributed by atoms with Gasteiger partial charge >= 0.3 is 0 Å². The largest absolute Gasteiger partial charge is 0.543 e. The van der Waals surface area contributed by atoms with Crippen molar-refractivity contribution in [2.24, 2.45) is 0 Å². The van der Waals surface area contributed by atoms with Crippen LogP contribution < -0.4 is 4.43 Å². The topological polar surface area (TPSA) is 29.5 Å². The van der Waals surface area contributed by atoms with Crippen molar-refractivity contribution < 1.29 is 13.9 Å². The Morgan fingerprint density at radius 2 is 1.54 bits per heavy atom. The van der Waals surface area contributed by atoms with Crippen molar-refractivity contribution in [1.29, 1.82) is 0 Å². The first-order chi connectivity index (χ1) is 11.1. The fraction of sp³-hybridized carbons (Fsp3) is 0.474. The molecule has 0 fully saturated rings. The molecule has 0 amide bonds. The summed E-state index contributed by atoms with van der Waals surface area (Å²) in [5.41, 5.74) is 1.27. The second-order valence-electron chi connectivity index (χ2n) is 7.32.